The molecule has 0 aromatic heterocycles. The second-order valence-electron chi connectivity index (χ2n) is 5.08. The summed E-state index contributed by atoms with van der Waals surface area (Å²) in [4.78, 5) is 14.1. The lowest BCUT2D eigenvalue weighted by Crippen LogP contribution is -2.46. The van der Waals surface area contributed by atoms with Crippen molar-refractivity contribution in [1.29, 1.82) is 0 Å². The first-order chi connectivity index (χ1) is 9.61. The normalized spacial score (nSPS) is 19.9. The van der Waals surface area contributed by atoms with Gasteiger partial charge in [-0.05, 0) is 19.4 Å². The van der Waals surface area contributed by atoms with Crippen molar-refractivity contribution in [2.24, 2.45) is 0 Å². The molecule has 0 spiro atoms. The predicted octanol–water partition coefficient (Wildman–Crippen LogP) is 1.54. The maximum Gasteiger partial charge on any atom is 0.240 e. The average molecular weight is 294 g/mol. The first-order valence-corrected chi connectivity index (χ1v) is 8.11. The minimum atomic E-state index is -0.631. The Balaban J connectivity index is 1.98. The molecule has 2 N–H and O–H groups in total. The molecule has 2 atom stereocenters. The van der Waals surface area contributed by atoms with Gasteiger partial charge in [0.2, 0.25) is 5.91 Å². The Morgan fingerprint density at radius 3 is 2.75 bits per heavy atom. The third-order valence-corrected chi connectivity index (χ3v) is 4.50. The molecule has 0 bridgehead atoms. The third-order valence-electron chi connectivity index (χ3n) is 3.56. The van der Waals surface area contributed by atoms with Crippen molar-refractivity contribution in [1.82, 2.24) is 10.2 Å². The van der Waals surface area contributed by atoms with E-state index in [0.717, 1.165) is 22.8 Å². The first kappa shape index (κ1) is 15.4. The largest absolute Gasteiger partial charge is 0.387 e. The van der Waals surface area contributed by atoms with E-state index >= 15 is 0 Å². The maximum atomic E-state index is 12.3. The zero-order valence-electron chi connectivity index (χ0n) is 12.0. The van der Waals surface area contributed by atoms with E-state index < -0.39 is 6.10 Å². The van der Waals surface area contributed by atoms with Gasteiger partial charge in [-0.15, -0.1) is 11.8 Å². The highest BCUT2D eigenvalue weighted by Crippen LogP contribution is 2.17. The molecule has 4 nitrogen and oxygen atoms in total. The van der Waals surface area contributed by atoms with Crippen LogP contribution < -0.4 is 5.32 Å². The van der Waals surface area contributed by atoms with Gasteiger partial charge in [0.25, 0.3) is 0 Å². The van der Waals surface area contributed by atoms with Crippen LogP contribution in [0.5, 0.6) is 0 Å². The van der Waals surface area contributed by atoms with Gasteiger partial charge in [-0.2, -0.15) is 0 Å². The van der Waals surface area contributed by atoms with E-state index in [-0.39, 0.29) is 11.9 Å². The number of carbonyl (C=O) groups excluding carboxylic acids is 1. The van der Waals surface area contributed by atoms with Gasteiger partial charge < -0.3 is 10.0 Å². The van der Waals surface area contributed by atoms with Crippen molar-refractivity contribution in [3.63, 3.8) is 0 Å². The van der Waals surface area contributed by atoms with E-state index in [1.54, 1.807) is 16.7 Å². The summed E-state index contributed by atoms with van der Waals surface area (Å²) in [6.45, 7) is 4.93. The van der Waals surface area contributed by atoms with Crippen LogP contribution in [0.3, 0.4) is 0 Å². The topological polar surface area (TPSA) is 52.6 Å². The van der Waals surface area contributed by atoms with Crippen molar-refractivity contribution in [3.05, 3.63) is 35.4 Å². The van der Waals surface area contributed by atoms with Gasteiger partial charge in [0.05, 0.1) is 18.7 Å². The minimum Gasteiger partial charge on any atom is -0.387 e. The number of rotatable bonds is 5. The Bertz CT molecular complexity index is 444. The molecule has 1 heterocycles. The van der Waals surface area contributed by atoms with Crippen molar-refractivity contribution in [3.8, 4) is 0 Å². The summed E-state index contributed by atoms with van der Waals surface area (Å²) in [6, 6.07) is 7.69. The quantitative estimate of drug-likeness (QED) is 0.865. The highest BCUT2D eigenvalue weighted by molar-refractivity contribution is 7.99. The number of thioether (sulfide) groups is 1. The molecule has 1 aliphatic heterocycles. The monoisotopic (exact) mass is 294 g/mol. The van der Waals surface area contributed by atoms with Crippen LogP contribution in [-0.2, 0) is 4.79 Å². The summed E-state index contributed by atoms with van der Waals surface area (Å²) in [5.41, 5.74) is 2.02. The van der Waals surface area contributed by atoms with Gasteiger partial charge in [0, 0.05) is 18.2 Å². The molecule has 0 unspecified atom stereocenters. The summed E-state index contributed by atoms with van der Waals surface area (Å²) in [6.07, 6.45) is -0.631. The number of aliphatic hydroxyl groups is 1. The molecule has 1 amide bonds. The van der Waals surface area contributed by atoms with Crippen LogP contribution in [0.15, 0.2) is 24.3 Å². The van der Waals surface area contributed by atoms with E-state index in [1.807, 2.05) is 38.1 Å². The summed E-state index contributed by atoms with van der Waals surface area (Å²) in [5.74, 6) is 1.73. The van der Waals surface area contributed by atoms with Crippen LogP contribution in [0, 0.1) is 6.92 Å². The fourth-order valence-electron chi connectivity index (χ4n) is 2.25. The van der Waals surface area contributed by atoms with Gasteiger partial charge >= 0.3 is 0 Å². The lowest BCUT2D eigenvalue weighted by Gasteiger charge is -2.26. The van der Waals surface area contributed by atoms with Crippen LogP contribution in [0.1, 0.15) is 24.2 Å². The molecule has 0 radical (unpaired) electrons. The number of hydrogen-bond donors (Lipinski definition) is 2. The van der Waals surface area contributed by atoms with Crippen LogP contribution in [0.25, 0.3) is 0 Å². The van der Waals surface area contributed by atoms with E-state index in [2.05, 4.69) is 5.32 Å². The molecule has 1 aromatic carbocycles. The lowest BCUT2D eigenvalue weighted by atomic mass is 10.1. The zero-order chi connectivity index (χ0) is 14.5. The van der Waals surface area contributed by atoms with Crippen molar-refractivity contribution in [2.45, 2.75) is 26.0 Å². The fourth-order valence-corrected chi connectivity index (χ4v) is 3.18. The number of nitrogens with zero attached hydrogens (tertiary/aromatic N) is 1. The molecular formula is C15H22N2O2S. The zero-order valence-corrected chi connectivity index (χ0v) is 12.8. The van der Waals surface area contributed by atoms with E-state index in [1.165, 1.54) is 0 Å². The van der Waals surface area contributed by atoms with E-state index in [9.17, 15) is 9.90 Å². The van der Waals surface area contributed by atoms with Gasteiger partial charge in [0.15, 0.2) is 0 Å². The average Bonchev–Trinajstić information content (AvgIpc) is 2.98. The molecule has 20 heavy (non-hydrogen) atoms. The van der Waals surface area contributed by atoms with Gasteiger partial charge in [-0.3, -0.25) is 10.1 Å². The highest BCUT2D eigenvalue weighted by atomic mass is 32.2. The van der Waals surface area contributed by atoms with Crippen molar-refractivity contribution < 1.29 is 9.90 Å². The summed E-state index contributed by atoms with van der Waals surface area (Å²) >= 11 is 1.73. The second kappa shape index (κ2) is 7.11. The summed E-state index contributed by atoms with van der Waals surface area (Å²) < 4.78 is 0. The standard InChI is InChI=1S/C15H22N2O2S/c1-3-17(15(19)13-9-20-10-16-13)8-14(18)12-6-4-11(2)5-7-12/h4-7,13-14,16,18H,3,8-10H2,1-2H3/t13-,14-/m1/s1. The molecule has 0 aliphatic carbocycles. The van der Waals surface area contributed by atoms with Gasteiger partial charge in [-0.1, -0.05) is 29.8 Å². The Morgan fingerprint density at radius 1 is 1.50 bits per heavy atom. The van der Waals surface area contributed by atoms with Gasteiger partial charge in [0.1, 0.15) is 0 Å². The molecule has 2 rings (SSSR count). The molecule has 1 fully saturated rings. The van der Waals surface area contributed by atoms with Gasteiger partial charge in [-0.25, -0.2) is 0 Å². The molecule has 0 saturated carbocycles. The van der Waals surface area contributed by atoms with Crippen LogP contribution >= 0.6 is 11.8 Å². The van der Waals surface area contributed by atoms with Crippen LogP contribution in [0.4, 0.5) is 0 Å². The summed E-state index contributed by atoms with van der Waals surface area (Å²) in [7, 11) is 0. The minimum absolute atomic E-state index is 0.0867. The Hall–Kier alpha value is -1.04. The number of benzene rings is 1. The lowest BCUT2D eigenvalue weighted by molar-refractivity contribution is -0.133. The number of aryl methyl sites for hydroxylation is 1. The third kappa shape index (κ3) is 3.75. The second-order valence-corrected chi connectivity index (χ2v) is 6.11. The number of hydrogen-bond acceptors (Lipinski definition) is 4. The SMILES string of the molecule is CCN(C[C@@H](O)c1ccc(C)cc1)C(=O)[C@H]1CSCN1. The predicted molar refractivity (Wildman–Crippen MR) is 82.6 cm³/mol. The number of nitrogens with one attached hydrogen (secondary N) is 1. The maximum absolute atomic E-state index is 12.3. The number of likely N-dealkylation sites (N-methyl/N-ethyl adjacent to an activating group) is 1. The van der Waals surface area contributed by atoms with E-state index in [4.69, 9.17) is 0 Å². The number of amides is 1. The van der Waals surface area contributed by atoms with Crippen molar-refractivity contribution >= 4 is 17.7 Å². The fraction of sp³-hybridized carbons (Fsp3) is 0.533. The van der Waals surface area contributed by atoms with E-state index in [0.29, 0.717) is 13.1 Å². The molecule has 1 aliphatic rings. The molecule has 5 heteroatoms. The Morgan fingerprint density at radius 2 is 2.20 bits per heavy atom. The number of carbonyl (C=O) groups is 1. The van der Waals surface area contributed by atoms with Crippen molar-refractivity contribution in [2.75, 3.05) is 24.7 Å². The first-order valence-electron chi connectivity index (χ1n) is 6.96. The highest BCUT2D eigenvalue weighted by Gasteiger charge is 2.27. The Kier molecular flexibility index (Phi) is 5.46. The molecular weight excluding hydrogens is 272 g/mol. The van der Waals surface area contributed by atoms with Crippen LogP contribution in [-0.4, -0.2) is 46.7 Å². The smallest absolute Gasteiger partial charge is 0.240 e. The molecule has 110 valence electrons. The van der Waals surface area contributed by atoms with Crippen LogP contribution in [0.2, 0.25) is 0 Å². The summed E-state index contributed by atoms with van der Waals surface area (Å²) in [5, 5.41) is 13.5. The number of aliphatic hydroxyl groups excluding tert-OH is 1. The molecule has 1 aromatic rings. The molecule has 1 saturated heterocycles. The Labute approximate surface area is 124 Å².